The van der Waals surface area contributed by atoms with E-state index in [0.717, 1.165) is 28.5 Å². The van der Waals surface area contributed by atoms with Crippen LogP contribution >= 0.6 is 0 Å². The third kappa shape index (κ3) is 10.3. The molecule has 0 aromatic heterocycles. The van der Waals surface area contributed by atoms with Gasteiger partial charge in [-0.15, -0.1) is 0 Å². The molecule has 0 aromatic carbocycles. The zero-order chi connectivity index (χ0) is 17.7. The summed E-state index contributed by atoms with van der Waals surface area (Å²) in [6.07, 6.45) is 1.77. The molecule has 1 saturated carbocycles. The van der Waals surface area contributed by atoms with Crippen LogP contribution in [-0.4, -0.2) is 89.5 Å². The number of nitrogens with zero attached hydrogens (tertiary/aromatic N) is 2. The number of hydrogen-bond donors (Lipinski definition) is 0. The average molecular weight is 330 g/mol. The largest absolute Gasteiger partial charge is 0.460 e. The Balaban J connectivity index is 2.10. The van der Waals surface area contributed by atoms with E-state index in [1.165, 1.54) is 0 Å². The molecular formula is C17H34N2O4+2. The van der Waals surface area contributed by atoms with Gasteiger partial charge in [-0.25, -0.2) is 0 Å². The second-order valence-corrected chi connectivity index (χ2v) is 8.63. The van der Waals surface area contributed by atoms with Gasteiger partial charge in [0.15, 0.2) is 0 Å². The second kappa shape index (κ2) is 8.11. The maximum absolute atomic E-state index is 11.7. The molecule has 1 rings (SSSR count). The Bertz CT molecular complexity index is 372. The van der Waals surface area contributed by atoms with Crippen LogP contribution in [0, 0.1) is 11.8 Å². The lowest BCUT2D eigenvalue weighted by molar-refractivity contribution is -0.870. The highest BCUT2D eigenvalue weighted by Crippen LogP contribution is 2.44. The van der Waals surface area contributed by atoms with Crippen molar-refractivity contribution in [2.45, 2.75) is 19.3 Å². The fraction of sp³-hybridized carbons (Fsp3) is 0.882. The monoisotopic (exact) mass is 330 g/mol. The van der Waals surface area contributed by atoms with Gasteiger partial charge in [-0.2, -0.15) is 0 Å². The molecule has 134 valence electrons. The highest BCUT2D eigenvalue weighted by Gasteiger charge is 2.40. The first-order valence-corrected chi connectivity index (χ1v) is 8.38. The van der Waals surface area contributed by atoms with Gasteiger partial charge in [-0.05, 0) is 18.3 Å². The first-order valence-electron chi connectivity index (χ1n) is 8.38. The number of hydrogen-bond acceptors (Lipinski definition) is 4. The van der Waals surface area contributed by atoms with Gasteiger partial charge < -0.3 is 18.4 Å². The fourth-order valence-corrected chi connectivity index (χ4v) is 2.22. The molecule has 0 aliphatic heterocycles. The molecule has 6 nitrogen and oxygen atoms in total. The Morgan fingerprint density at radius 2 is 1.13 bits per heavy atom. The van der Waals surface area contributed by atoms with Crippen molar-refractivity contribution in [3.63, 3.8) is 0 Å². The minimum absolute atomic E-state index is 0.149. The molecule has 0 heterocycles. The molecule has 1 fully saturated rings. The Hall–Kier alpha value is -1.14. The number of ether oxygens (including phenoxy) is 2. The van der Waals surface area contributed by atoms with Crippen LogP contribution in [0.3, 0.4) is 0 Å². The lowest BCUT2D eigenvalue weighted by atomic mass is 10.2. The number of carbonyl (C=O) groups is 2. The third-order valence-electron chi connectivity index (χ3n) is 3.98. The predicted molar refractivity (Wildman–Crippen MR) is 88.5 cm³/mol. The van der Waals surface area contributed by atoms with Gasteiger partial charge in [0, 0.05) is 12.8 Å². The SMILES string of the molecule is C[N+](C)(C)CCOC(=O)CC1CC1CC(=O)OCC[N+](C)(C)C. The Morgan fingerprint density at radius 1 is 0.783 bits per heavy atom. The van der Waals surface area contributed by atoms with Gasteiger partial charge in [-0.3, -0.25) is 9.59 Å². The van der Waals surface area contributed by atoms with Gasteiger partial charge in [-0.1, -0.05) is 0 Å². The lowest BCUT2D eigenvalue weighted by Gasteiger charge is -2.23. The molecule has 2 atom stereocenters. The molecule has 0 bridgehead atoms. The Morgan fingerprint density at radius 3 is 1.43 bits per heavy atom. The highest BCUT2D eigenvalue weighted by atomic mass is 16.5. The molecule has 0 amide bonds. The van der Waals surface area contributed by atoms with E-state index in [1.807, 2.05) is 0 Å². The summed E-state index contributed by atoms with van der Waals surface area (Å²) >= 11 is 0. The summed E-state index contributed by atoms with van der Waals surface area (Å²) in [4.78, 5) is 23.5. The maximum Gasteiger partial charge on any atom is 0.306 e. The molecule has 6 heteroatoms. The number of rotatable bonds is 10. The average Bonchev–Trinajstić information content (AvgIpc) is 3.03. The van der Waals surface area contributed by atoms with E-state index in [4.69, 9.17) is 9.47 Å². The van der Waals surface area contributed by atoms with E-state index in [9.17, 15) is 9.59 Å². The highest BCUT2D eigenvalue weighted by molar-refractivity contribution is 5.72. The van der Waals surface area contributed by atoms with Gasteiger partial charge >= 0.3 is 11.9 Å². The first-order chi connectivity index (χ1) is 10.5. The normalized spacial score (nSPS) is 21.0. The number of likely N-dealkylation sites (N-methyl/N-ethyl adjacent to an activating group) is 2. The van der Waals surface area contributed by atoms with Crippen LogP contribution in [0.15, 0.2) is 0 Å². The number of carbonyl (C=O) groups excluding carboxylic acids is 2. The van der Waals surface area contributed by atoms with Gasteiger partial charge in [0.2, 0.25) is 0 Å². The Labute approximate surface area is 140 Å². The minimum Gasteiger partial charge on any atom is -0.460 e. The van der Waals surface area contributed by atoms with Crippen LogP contribution in [0.25, 0.3) is 0 Å². The predicted octanol–water partition coefficient (Wildman–Crippen LogP) is 0.902. The molecule has 0 aromatic rings. The van der Waals surface area contributed by atoms with Gasteiger partial charge in [0.25, 0.3) is 0 Å². The van der Waals surface area contributed by atoms with Crippen molar-refractivity contribution in [3.05, 3.63) is 0 Å². The molecule has 0 N–H and O–H groups in total. The number of esters is 2. The van der Waals surface area contributed by atoms with Crippen LogP contribution in [-0.2, 0) is 19.1 Å². The summed E-state index contributed by atoms with van der Waals surface area (Å²) in [5.74, 6) is 0.281. The molecule has 0 radical (unpaired) electrons. The molecule has 1 aliphatic carbocycles. The van der Waals surface area contributed by atoms with Crippen LogP contribution in [0.2, 0.25) is 0 Å². The van der Waals surface area contributed by atoms with Crippen LogP contribution < -0.4 is 0 Å². The third-order valence-corrected chi connectivity index (χ3v) is 3.98. The standard InChI is InChI=1S/C17H34N2O4/c1-18(2,3)7-9-22-16(20)12-14-11-15(14)13-17(21)23-10-8-19(4,5)6/h14-15H,7-13H2,1-6H3/q+2. The van der Waals surface area contributed by atoms with E-state index in [2.05, 4.69) is 42.3 Å². The summed E-state index contributed by atoms with van der Waals surface area (Å²) < 4.78 is 12.1. The zero-order valence-corrected chi connectivity index (χ0v) is 15.6. The maximum atomic E-state index is 11.7. The quantitative estimate of drug-likeness (QED) is 0.441. The van der Waals surface area contributed by atoms with Crippen molar-refractivity contribution < 1.29 is 28.0 Å². The Kier molecular flexibility index (Phi) is 7.02. The topological polar surface area (TPSA) is 52.6 Å². The molecule has 1 aliphatic rings. The van der Waals surface area contributed by atoms with Gasteiger partial charge in [0.1, 0.15) is 26.3 Å². The smallest absolute Gasteiger partial charge is 0.306 e. The number of quaternary nitrogens is 2. The van der Waals surface area contributed by atoms with Crippen molar-refractivity contribution in [2.75, 3.05) is 68.6 Å². The second-order valence-electron chi connectivity index (χ2n) is 8.63. The fourth-order valence-electron chi connectivity index (χ4n) is 2.22. The van der Waals surface area contributed by atoms with Crippen molar-refractivity contribution in [1.82, 2.24) is 0 Å². The lowest BCUT2D eigenvalue weighted by Crippen LogP contribution is -2.38. The first kappa shape index (κ1) is 19.9. The van der Waals surface area contributed by atoms with E-state index in [0.29, 0.717) is 26.1 Å². The van der Waals surface area contributed by atoms with Crippen LogP contribution in [0.5, 0.6) is 0 Å². The van der Waals surface area contributed by atoms with Crippen LogP contribution in [0.4, 0.5) is 0 Å². The van der Waals surface area contributed by atoms with E-state index >= 15 is 0 Å². The van der Waals surface area contributed by atoms with E-state index < -0.39 is 0 Å². The molecule has 0 saturated heterocycles. The summed E-state index contributed by atoms with van der Waals surface area (Å²) in [5.41, 5.74) is 0. The van der Waals surface area contributed by atoms with E-state index in [-0.39, 0.29) is 23.8 Å². The van der Waals surface area contributed by atoms with Crippen molar-refractivity contribution in [1.29, 1.82) is 0 Å². The van der Waals surface area contributed by atoms with E-state index in [1.54, 1.807) is 0 Å². The van der Waals surface area contributed by atoms with Crippen molar-refractivity contribution in [2.24, 2.45) is 11.8 Å². The summed E-state index contributed by atoms with van der Waals surface area (Å²) in [5, 5.41) is 0. The van der Waals surface area contributed by atoms with Crippen molar-refractivity contribution >= 4 is 11.9 Å². The summed E-state index contributed by atoms with van der Waals surface area (Å²) in [6, 6.07) is 0. The van der Waals surface area contributed by atoms with Gasteiger partial charge in [0.05, 0.1) is 42.3 Å². The molecule has 23 heavy (non-hydrogen) atoms. The summed E-state index contributed by atoms with van der Waals surface area (Å²) in [7, 11) is 12.4. The molecule has 2 unspecified atom stereocenters. The summed E-state index contributed by atoms with van der Waals surface area (Å²) in [6.45, 7) is 2.51. The van der Waals surface area contributed by atoms with Crippen LogP contribution in [0.1, 0.15) is 19.3 Å². The zero-order valence-electron chi connectivity index (χ0n) is 15.6. The molecular weight excluding hydrogens is 296 g/mol. The minimum atomic E-state index is -0.149. The van der Waals surface area contributed by atoms with Crippen molar-refractivity contribution in [3.8, 4) is 0 Å². The molecule has 0 spiro atoms.